The van der Waals surface area contributed by atoms with Crippen LogP contribution in [0.5, 0.6) is 0 Å². The van der Waals surface area contributed by atoms with Crippen molar-refractivity contribution in [2.45, 2.75) is 189 Å². The van der Waals surface area contributed by atoms with Gasteiger partial charge in [-0.15, -0.1) is 0 Å². The van der Waals surface area contributed by atoms with Gasteiger partial charge in [-0.3, -0.25) is 9.59 Å². The van der Waals surface area contributed by atoms with Gasteiger partial charge in [-0.25, -0.2) is 0 Å². The first-order valence-electron chi connectivity index (χ1n) is 19.4. The monoisotopic (exact) mass is 698 g/mol. The first-order valence-corrected chi connectivity index (χ1v) is 19.4. The summed E-state index contributed by atoms with van der Waals surface area (Å²) in [7, 11) is 0. The topological polar surface area (TPSA) is 128 Å². The zero-order valence-corrected chi connectivity index (χ0v) is 29.5. The molecule has 0 aliphatic carbocycles. The van der Waals surface area contributed by atoms with Gasteiger partial charge in [-0.2, -0.15) is 0 Å². The number of carbonyl (C=O) groups excluding carboxylic acids is 1. The molecule has 0 aromatic rings. The molecule has 10 fully saturated rings. The molecular formula is C39H54O11. The van der Waals surface area contributed by atoms with Crippen LogP contribution in [-0.2, 0) is 47.5 Å². The minimum atomic E-state index is -0.897. The molecule has 0 aromatic heterocycles. The van der Waals surface area contributed by atoms with Gasteiger partial charge in [0, 0.05) is 32.1 Å². The fraction of sp³-hybridized carbons (Fsp3) is 0.846. The Morgan fingerprint density at radius 1 is 0.740 bits per heavy atom. The van der Waals surface area contributed by atoms with Gasteiger partial charge < -0.3 is 43.0 Å². The lowest BCUT2D eigenvalue weighted by Crippen LogP contribution is -2.61. The highest BCUT2D eigenvalue weighted by Crippen LogP contribution is 2.54. The minimum Gasteiger partial charge on any atom is -0.481 e. The number of fused-ring (bicyclic) bond motifs is 6. The molecule has 0 amide bonds. The van der Waals surface area contributed by atoms with Crippen molar-refractivity contribution in [2.75, 3.05) is 0 Å². The van der Waals surface area contributed by atoms with Gasteiger partial charge >= 0.3 is 5.97 Å². The minimum absolute atomic E-state index is 0.0200. The van der Waals surface area contributed by atoms with Crippen LogP contribution >= 0.6 is 0 Å². The van der Waals surface area contributed by atoms with Gasteiger partial charge in [0.15, 0.2) is 5.79 Å². The van der Waals surface area contributed by atoms with E-state index in [0.717, 1.165) is 56.1 Å². The first-order chi connectivity index (χ1) is 24.0. The number of aliphatic carboxylic acids is 1. The van der Waals surface area contributed by atoms with Crippen LogP contribution in [0, 0.1) is 17.8 Å². The van der Waals surface area contributed by atoms with Crippen molar-refractivity contribution in [3.8, 4) is 0 Å². The maximum Gasteiger partial charge on any atom is 0.305 e. The van der Waals surface area contributed by atoms with E-state index in [4.69, 9.17) is 37.9 Å². The standard InChI is InChI=1S/C39H54O11/c1-18-11-23-5-7-27-19(2)12-25(43-27)9-10-39-17-32-35(49-39)36-37(48-32)38(50-39)34-28(47-36)8-6-24(45-34)13-22(40)14-26-21(4)30(16-33(41)42)46-31(26)15-29(44-23)20(18)3/h18,21,23-32,34-38H,2-3,5-17H2,1,4H3,(H,41,42)/t18-,21-,23+,24-,25+,26?,27?,28+,29-,30-,31?,32-,34+,35?,36+,37-,38+,39+/m1/s1. The number of hydrogen-bond acceptors (Lipinski definition) is 10. The summed E-state index contributed by atoms with van der Waals surface area (Å²) in [4.78, 5) is 25.7. The molecule has 10 rings (SSSR count). The number of Topliss-reactive ketones (excluding diaryl/α,β-unsaturated/α-hetero) is 1. The lowest BCUT2D eigenvalue weighted by molar-refractivity contribution is -0.292. The molecule has 11 nitrogen and oxygen atoms in total. The van der Waals surface area contributed by atoms with Gasteiger partial charge in [-0.05, 0) is 73.8 Å². The molecule has 0 saturated carbocycles. The predicted octanol–water partition coefficient (Wildman–Crippen LogP) is 4.82. The third-order valence-electron chi connectivity index (χ3n) is 13.8. The molecule has 276 valence electrons. The van der Waals surface area contributed by atoms with Crippen LogP contribution < -0.4 is 0 Å². The van der Waals surface area contributed by atoms with E-state index in [0.29, 0.717) is 25.7 Å². The maximum atomic E-state index is 13.9. The van der Waals surface area contributed by atoms with Crippen molar-refractivity contribution < 1.29 is 52.6 Å². The Bertz CT molecular complexity index is 1380. The number of ketones is 1. The molecule has 12 bridgehead atoms. The van der Waals surface area contributed by atoms with Gasteiger partial charge in [0.1, 0.15) is 36.3 Å². The number of carbonyl (C=O) groups is 2. The highest BCUT2D eigenvalue weighted by atomic mass is 16.8. The summed E-state index contributed by atoms with van der Waals surface area (Å²) in [5.41, 5.74) is 2.18. The Morgan fingerprint density at radius 2 is 1.48 bits per heavy atom. The lowest BCUT2D eigenvalue weighted by Gasteiger charge is -2.47. The molecule has 0 aromatic carbocycles. The van der Waals surface area contributed by atoms with Gasteiger partial charge in [0.05, 0.1) is 61.4 Å². The molecule has 1 spiro atoms. The second-order valence-electron chi connectivity index (χ2n) is 17.1. The van der Waals surface area contributed by atoms with E-state index < -0.39 is 17.9 Å². The quantitative estimate of drug-likeness (QED) is 0.399. The summed E-state index contributed by atoms with van der Waals surface area (Å²) >= 11 is 0. The van der Waals surface area contributed by atoms with Crippen LogP contribution in [0.15, 0.2) is 24.3 Å². The summed E-state index contributed by atoms with van der Waals surface area (Å²) in [5.74, 6) is -1.51. The Morgan fingerprint density at radius 3 is 2.32 bits per heavy atom. The first kappa shape index (κ1) is 34.1. The van der Waals surface area contributed by atoms with E-state index in [9.17, 15) is 14.7 Å². The molecule has 0 radical (unpaired) electrons. The van der Waals surface area contributed by atoms with Crippen LogP contribution in [0.2, 0.25) is 0 Å². The van der Waals surface area contributed by atoms with Crippen LogP contribution in [0.3, 0.4) is 0 Å². The molecule has 10 aliphatic rings. The molecule has 50 heavy (non-hydrogen) atoms. The van der Waals surface area contributed by atoms with E-state index in [1.165, 1.54) is 0 Å². The summed E-state index contributed by atoms with van der Waals surface area (Å²) in [6.45, 7) is 13.1. The maximum absolute atomic E-state index is 13.9. The van der Waals surface area contributed by atoms with Gasteiger partial charge in [0.25, 0.3) is 0 Å². The third kappa shape index (κ3) is 6.05. The zero-order valence-electron chi connectivity index (χ0n) is 29.5. The van der Waals surface area contributed by atoms with Gasteiger partial charge in [-0.1, -0.05) is 27.0 Å². The summed E-state index contributed by atoms with van der Waals surface area (Å²) in [5, 5.41) is 9.68. The lowest BCUT2D eigenvalue weighted by atomic mass is 9.79. The van der Waals surface area contributed by atoms with Crippen molar-refractivity contribution in [2.24, 2.45) is 17.8 Å². The molecule has 10 aliphatic heterocycles. The summed E-state index contributed by atoms with van der Waals surface area (Å²) in [6.07, 6.45) is 5.44. The van der Waals surface area contributed by atoms with E-state index >= 15 is 0 Å². The van der Waals surface area contributed by atoms with E-state index in [1.54, 1.807) is 0 Å². The smallest absolute Gasteiger partial charge is 0.305 e. The molecular weight excluding hydrogens is 644 g/mol. The van der Waals surface area contributed by atoms with E-state index in [2.05, 4.69) is 20.1 Å². The average Bonchev–Trinajstić information content (AvgIpc) is 3.73. The van der Waals surface area contributed by atoms with Crippen molar-refractivity contribution in [3.05, 3.63) is 24.3 Å². The Hall–Kier alpha value is -1.70. The predicted molar refractivity (Wildman–Crippen MR) is 177 cm³/mol. The van der Waals surface area contributed by atoms with Crippen LogP contribution in [-0.4, -0.2) is 108 Å². The Kier molecular flexibility index (Phi) is 8.87. The van der Waals surface area contributed by atoms with Gasteiger partial charge in [0.2, 0.25) is 0 Å². The Balaban J connectivity index is 0.990. The zero-order chi connectivity index (χ0) is 34.5. The summed E-state index contributed by atoms with van der Waals surface area (Å²) < 4.78 is 53.5. The van der Waals surface area contributed by atoms with Crippen molar-refractivity contribution >= 4 is 11.8 Å². The number of carboxylic acids is 1. The fourth-order valence-electron chi connectivity index (χ4n) is 11.0. The highest BCUT2D eigenvalue weighted by molar-refractivity contribution is 5.79. The van der Waals surface area contributed by atoms with Crippen LogP contribution in [0.1, 0.15) is 97.3 Å². The number of hydrogen-bond donors (Lipinski definition) is 1. The number of ether oxygens (including phenoxy) is 8. The normalized spacial score (nSPS) is 53.2. The molecule has 1 N–H and O–H groups in total. The number of carboxylic acid groups (broad SMARTS) is 1. The van der Waals surface area contributed by atoms with Crippen molar-refractivity contribution in [1.29, 1.82) is 0 Å². The second-order valence-corrected chi connectivity index (χ2v) is 17.1. The van der Waals surface area contributed by atoms with Crippen molar-refractivity contribution in [3.63, 3.8) is 0 Å². The molecule has 10 saturated heterocycles. The Labute approximate surface area is 294 Å². The largest absolute Gasteiger partial charge is 0.481 e. The number of rotatable bonds is 2. The molecule has 10 heterocycles. The van der Waals surface area contributed by atoms with E-state index in [1.807, 2.05) is 6.92 Å². The summed E-state index contributed by atoms with van der Waals surface area (Å²) in [6, 6.07) is 0. The second kappa shape index (κ2) is 13.0. The van der Waals surface area contributed by atoms with E-state index in [-0.39, 0.29) is 116 Å². The third-order valence-corrected chi connectivity index (χ3v) is 13.8. The molecule has 4 unspecified atom stereocenters. The fourth-order valence-corrected chi connectivity index (χ4v) is 11.0. The SMILES string of the molecule is C=C1C[C@@H]2CC[C@@]34C[C@H]5O[C@H]6[C@@H](O3)[C@H]3O[C@H](CC[C@@H]3O[C@H]6C5O4)CC(=O)CC3C(C[C@H]4O[C@@H](CCC1O2)C[C@@H](C)C4=C)O[C@H](CC(=O)O)[C@@H]3C. The van der Waals surface area contributed by atoms with Crippen LogP contribution in [0.4, 0.5) is 0 Å². The molecule has 18 atom stereocenters. The van der Waals surface area contributed by atoms with Crippen LogP contribution in [0.25, 0.3) is 0 Å². The highest BCUT2D eigenvalue weighted by Gasteiger charge is 2.68. The van der Waals surface area contributed by atoms with Crippen molar-refractivity contribution in [1.82, 2.24) is 0 Å². The molecule has 11 heteroatoms. The average molecular weight is 699 g/mol.